The second kappa shape index (κ2) is 6.70. The molecular weight excluding hydrogens is 270 g/mol. The molecule has 2 aromatic rings. The number of anilines is 1. The van der Waals surface area contributed by atoms with E-state index in [9.17, 15) is 4.79 Å². The van der Waals surface area contributed by atoms with Gasteiger partial charge in [0.25, 0.3) is 0 Å². The number of benzene rings is 1. The normalized spacial score (nSPS) is 12.3. The van der Waals surface area contributed by atoms with Crippen molar-refractivity contribution in [2.45, 2.75) is 39.7 Å². The average Bonchev–Trinajstić information content (AvgIpc) is 2.80. The number of thiazole rings is 1. The Labute approximate surface area is 123 Å². The van der Waals surface area contributed by atoms with Crippen LogP contribution in [0.4, 0.5) is 5.13 Å². The third-order valence-electron chi connectivity index (χ3n) is 3.19. The van der Waals surface area contributed by atoms with E-state index >= 15 is 0 Å². The van der Waals surface area contributed by atoms with Gasteiger partial charge in [0.1, 0.15) is 0 Å². The molecule has 0 fully saturated rings. The average molecular weight is 291 g/mol. The topological polar surface area (TPSA) is 54.0 Å². The van der Waals surface area contributed by atoms with E-state index < -0.39 is 0 Å². The van der Waals surface area contributed by atoms with Gasteiger partial charge in [-0.1, -0.05) is 24.3 Å². The number of aromatic nitrogens is 1. The van der Waals surface area contributed by atoms with Crippen LogP contribution in [0.25, 0.3) is 10.2 Å². The molecule has 1 aromatic carbocycles. The molecule has 0 bridgehead atoms. The summed E-state index contributed by atoms with van der Waals surface area (Å²) in [5.41, 5.74) is 2.24. The fourth-order valence-electron chi connectivity index (χ4n) is 1.84. The summed E-state index contributed by atoms with van der Waals surface area (Å²) in [6.45, 7) is 6.76. The minimum absolute atomic E-state index is 0.0869. The highest BCUT2D eigenvalue weighted by molar-refractivity contribution is 7.22. The summed E-state index contributed by atoms with van der Waals surface area (Å²) >= 11 is 1.63. The van der Waals surface area contributed by atoms with Crippen LogP contribution in [0.1, 0.15) is 32.3 Å². The molecule has 0 aliphatic heterocycles. The molecule has 0 saturated carbocycles. The highest BCUT2D eigenvalue weighted by Gasteiger charge is 2.07. The number of carbonyl (C=O) groups excluding carboxylic acids is 1. The van der Waals surface area contributed by atoms with Gasteiger partial charge in [-0.05, 0) is 38.0 Å². The summed E-state index contributed by atoms with van der Waals surface area (Å²) in [6, 6.07) is 6.47. The molecule has 1 unspecified atom stereocenters. The first-order valence-electron chi connectivity index (χ1n) is 6.99. The molecule has 0 aliphatic rings. The maximum absolute atomic E-state index is 11.7. The lowest BCUT2D eigenvalue weighted by Gasteiger charge is -2.11. The number of aryl methyl sites for hydroxylation is 1. The van der Waals surface area contributed by atoms with E-state index in [2.05, 4.69) is 41.6 Å². The van der Waals surface area contributed by atoms with Crippen molar-refractivity contribution in [1.29, 1.82) is 0 Å². The van der Waals surface area contributed by atoms with Crippen molar-refractivity contribution in [3.05, 3.63) is 23.8 Å². The fourth-order valence-corrected chi connectivity index (χ4v) is 2.83. The van der Waals surface area contributed by atoms with Gasteiger partial charge in [0.05, 0.1) is 10.2 Å². The number of hydrogen-bond donors (Lipinski definition) is 2. The summed E-state index contributed by atoms with van der Waals surface area (Å²) in [5, 5.41) is 7.05. The molecule has 4 nitrogen and oxygen atoms in total. The van der Waals surface area contributed by atoms with Crippen LogP contribution < -0.4 is 10.6 Å². The second-order valence-corrected chi connectivity index (χ2v) is 6.07. The maximum Gasteiger partial charge on any atom is 0.221 e. The Kier molecular flexibility index (Phi) is 4.95. The highest BCUT2D eigenvalue weighted by atomic mass is 32.1. The maximum atomic E-state index is 11.7. The van der Waals surface area contributed by atoms with Gasteiger partial charge < -0.3 is 10.6 Å². The molecule has 2 rings (SSSR count). The third kappa shape index (κ3) is 3.93. The number of amides is 1. The molecule has 20 heavy (non-hydrogen) atoms. The van der Waals surface area contributed by atoms with E-state index in [1.807, 2.05) is 13.0 Å². The van der Waals surface area contributed by atoms with Crippen molar-refractivity contribution in [2.75, 3.05) is 11.9 Å². The second-order valence-electron chi connectivity index (χ2n) is 5.04. The number of fused-ring (bicyclic) bond motifs is 1. The zero-order valence-electron chi connectivity index (χ0n) is 12.2. The van der Waals surface area contributed by atoms with Crippen molar-refractivity contribution in [3.8, 4) is 0 Å². The Morgan fingerprint density at radius 2 is 2.25 bits per heavy atom. The first-order chi connectivity index (χ1) is 9.58. The van der Waals surface area contributed by atoms with Crippen LogP contribution in [0.5, 0.6) is 0 Å². The molecule has 0 radical (unpaired) electrons. The monoisotopic (exact) mass is 291 g/mol. The van der Waals surface area contributed by atoms with Crippen molar-refractivity contribution in [3.63, 3.8) is 0 Å². The van der Waals surface area contributed by atoms with Crippen molar-refractivity contribution < 1.29 is 4.79 Å². The van der Waals surface area contributed by atoms with Gasteiger partial charge in [-0.25, -0.2) is 4.98 Å². The zero-order chi connectivity index (χ0) is 14.5. The van der Waals surface area contributed by atoms with Crippen LogP contribution in [0, 0.1) is 6.92 Å². The van der Waals surface area contributed by atoms with Crippen LogP contribution in [-0.2, 0) is 4.79 Å². The van der Waals surface area contributed by atoms with Gasteiger partial charge in [0.15, 0.2) is 5.13 Å². The van der Waals surface area contributed by atoms with E-state index in [0.717, 1.165) is 17.1 Å². The lowest BCUT2D eigenvalue weighted by Crippen LogP contribution is -2.32. The Hall–Kier alpha value is -1.62. The summed E-state index contributed by atoms with van der Waals surface area (Å²) in [5.74, 6) is 0.0869. The SMILES string of the molecule is CCC(C)NC(=O)CCNc1nc2ccc(C)cc2s1. The Morgan fingerprint density at radius 3 is 3.00 bits per heavy atom. The standard InChI is InChI=1S/C15H21N3OS/c1-4-11(3)17-14(19)7-8-16-15-18-12-6-5-10(2)9-13(12)20-15/h5-6,9,11H,4,7-8H2,1-3H3,(H,16,18)(H,17,19). The summed E-state index contributed by atoms with van der Waals surface area (Å²) in [7, 11) is 0. The van der Waals surface area contributed by atoms with E-state index in [4.69, 9.17) is 0 Å². The van der Waals surface area contributed by atoms with Crippen LogP contribution >= 0.6 is 11.3 Å². The highest BCUT2D eigenvalue weighted by Crippen LogP contribution is 2.26. The molecule has 108 valence electrons. The van der Waals surface area contributed by atoms with Gasteiger partial charge in [0.2, 0.25) is 5.91 Å². The van der Waals surface area contributed by atoms with Crippen LogP contribution in [0.15, 0.2) is 18.2 Å². The smallest absolute Gasteiger partial charge is 0.221 e. The van der Waals surface area contributed by atoms with Crippen LogP contribution in [-0.4, -0.2) is 23.5 Å². The minimum Gasteiger partial charge on any atom is -0.361 e. The molecule has 1 aromatic heterocycles. The molecule has 1 amide bonds. The van der Waals surface area contributed by atoms with E-state index in [1.165, 1.54) is 10.3 Å². The van der Waals surface area contributed by atoms with Gasteiger partial charge in [-0.3, -0.25) is 4.79 Å². The van der Waals surface area contributed by atoms with Crippen LogP contribution in [0.3, 0.4) is 0 Å². The van der Waals surface area contributed by atoms with E-state index in [1.54, 1.807) is 11.3 Å². The lowest BCUT2D eigenvalue weighted by molar-refractivity contribution is -0.121. The lowest BCUT2D eigenvalue weighted by atomic mass is 10.2. The predicted octanol–water partition coefficient (Wildman–Crippen LogP) is 3.32. The van der Waals surface area contributed by atoms with Gasteiger partial charge >= 0.3 is 0 Å². The largest absolute Gasteiger partial charge is 0.361 e. The van der Waals surface area contributed by atoms with Crippen molar-refractivity contribution in [1.82, 2.24) is 10.3 Å². The predicted molar refractivity (Wildman–Crippen MR) is 85.4 cm³/mol. The molecule has 0 saturated heterocycles. The fraction of sp³-hybridized carbons (Fsp3) is 0.467. The van der Waals surface area contributed by atoms with Gasteiger partial charge in [-0.15, -0.1) is 0 Å². The number of rotatable bonds is 6. The Bertz CT molecular complexity index is 594. The molecule has 2 N–H and O–H groups in total. The van der Waals surface area contributed by atoms with Crippen molar-refractivity contribution >= 4 is 32.6 Å². The molecule has 0 spiro atoms. The van der Waals surface area contributed by atoms with Crippen LogP contribution in [0.2, 0.25) is 0 Å². The molecular formula is C15H21N3OS. The summed E-state index contributed by atoms with van der Waals surface area (Å²) in [4.78, 5) is 16.2. The quantitative estimate of drug-likeness (QED) is 0.858. The molecule has 0 aliphatic carbocycles. The number of carbonyl (C=O) groups is 1. The molecule has 1 atom stereocenters. The Morgan fingerprint density at radius 1 is 1.45 bits per heavy atom. The van der Waals surface area contributed by atoms with Gasteiger partial charge in [0, 0.05) is 19.0 Å². The number of nitrogens with zero attached hydrogens (tertiary/aromatic N) is 1. The van der Waals surface area contributed by atoms with Crippen molar-refractivity contribution in [2.24, 2.45) is 0 Å². The summed E-state index contributed by atoms with van der Waals surface area (Å²) in [6.07, 6.45) is 1.43. The third-order valence-corrected chi connectivity index (χ3v) is 4.17. The number of nitrogens with one attached hydrogen (secondary N) is 2. The van der Waals surface area contributed by atoms with E-state index in [-0.39, 0.29) is 11.9 Å². The molecule has 5 heteroatoms. The summed E-state index contributed by atoms with van der Waals surface area (Å²) < 4.78 is 1.18. The van der Waals surface area contributed by atoms with E-state index in [0.29, 0.717) is 13.0 Å². The minimum atomic E-state index is 0.0869. The first kappa shape index (κ1) is 14.8. The zero-order valence-corrected chi connectivity index (χ0v) is 13.0. The van der Waals surface area contributed by atoms with Gasteiger partial charge in [-0.2, -0.15) is 0 Å². The molecule has 1 heterocycles. The first-order valence-corrected chi connectivity index (χ1v) is 7.80. The number of hydrogen-bond acceptors (Lipinski definition) is 4. The Balaban J connectivity index is 1.85.